The van der Waals surface area contributed by atoms with E-state index in [2.05, 4.69) is 19.2 Å². The number of aliphatic carboxylic acids is 1. The first-order valence-corrected chi connectivity index (χ1v) is 6.61. The Labute approximate surface area is 101 Å². The first-order valence-electron chi connectivity index (χ1n) is 6.61. The Balaban J connectivity index is 0. The number of carboxylic acid groups (broad SMARTS) is 1. The van der Waals surface area contributed by atoms with Gasteiger partial charge in [0.2, 0.25) is 0 Å². The van der Waals surface area contributed by atoms with E-state index in [1.165, 1.54) is 0 Å². The van der Waals surface area contributed by atoms with Gasteiger partial charge in [-0.15, -0.1) is 0 Å². The van der Waals surface area contributed by atoms with E-state index in [-0.39, 0.29) is 5.92 Å². The lowest BCUT2D eigenvalue weighted by molar-refractivity contribution is -0.142. The van der Waals surface area contributed by atoms with Crippen LogP contribution >= 0.6 is 0 Å². The zero-order chi connectivity index (χ0) is 13.0. The predicted octanol–water partition coefficient (Wildman–Crippen LogP) is 3.29. The molecule has 0 radical (unpaired) electrons. The molecule has 98 valence electrons. The summed E-state index contributed by atoms with van der Waals surface area (Å²) in [4.78, 5) is 10.8. The van der Waals surface area contributed by atoms with Crippen LogP contribution in [0.5, 0.6) is 0 Å². The van der Waals surface area contributed by atoms with Gasteiger partial charge in [-0.05, 0) is 32.2 Å². The molecule has 3 heteroatoms. The zero-order valence-electron chi connectivity index (χ0n) is 11.5. The molecule has 0 fully saturated rings. The van der Waals surface area contributed by atoms with E-state index in [9.17, 15) is 4.79 Å². The largest absolute Gasteiger partial charge is 0.481 e. The fourth-order valence-corrected chi connectivity index (χ4v) is 1.53. The molecule has 2 unspecified atom stereocenters. The molecule has 0 aromatic rings. The quantitative estimate of drug-likeness (QED) is 0.674. The van der Waals surface area contributed by atoms with Crippen LogP contribution in [-0.4, -0.2) is 23.7 Å². The van der Waals surface area contributed by atoms with Crippen LogP contribution < -0.4 is 5.32 Å². The molecule has 2 N–H and O–H groups in total. The molecule has 3 nitrogen and oxygen atoms in total. The molecule has 2 atom stereocenters. The van der Waals surface area contributed by atoms with Crippen molar-refractivity contribution in [2.24, 2.45) is 5.92 Å². The molecule has 16 heavy (non-hydrogen) atoms. The molecule has 0 aromatic carbocycles. The first kappa shape index (κ1) is 17.8. The molecule has 0 rings (SSSR count). The standard InChI is InChI=1S/C11H23NO2.C2H6/c1-4-7-12-10(6-3)8-9(5-2)11(13)14;1-2/h9-10,12H,4-8H2,1-3H3,(H,13,14);1-2H3. The summed E-state index contributed by atoms with van der Waals surface area (Å²) >= 11 is 0. The van der Waals surface area contributed by atoms with Gasteiger partial charge < -0.3 is 10.4 Å². The maximum atomic E-state index is 10.8. The monoisotopic (exact) mass is 231 g/mol. The Morgan fingerprint density at radius 2 is 1.75 bits per heavy atom. The zero-order valence-corrected chi connectivity index (χ0v) is 11.5. The summed E-state index contributed by atoms with van der Waals surface area (Å²) in [5, 5.41) is 12.3. The fraction of sp³-hybridized carbons (Fsp3) is 0.923. The van der Waals surface area contributed by atoms with Gasteiger partial charge in [-0.2, -0.15) is 0 Å². The van der Waals surface area contributed by atoms with Gasteiger partial charge >= 0.3 is 5.97 Å². The van der Waals surface area contributed by atoms with Gasteiger partial charge in [0, 0.05) is 6.04 Å². The van der Waals surface area contributed by atoms with Crippen molar-refractivity contribution in [3.05, 3.63) is 0 Å². The Hall–Kier alpha value is -0.570. The highest BCUT2D eigenvalue weighted by Crippen LogP contribution is 2.13. The van der Waals surface area contributed by atoms with E-state index in [4.69, 9.17) is 5.11 Å². The number of nitrogens with one attached hydrogen (secondary N) is 1. The van der Waals surface area contributed by atoms with Crippen molar-refractivity contribution >= 4 is 5.97 Å². The molecule has 0 bridgehead atoms. The highest BCUT2D eigenvalue weighted by molar-refractivity contribution is 5.69. The van der Waals surface area contributed by atoms with Crippen molar-refractivity contribution in [2.45, 2.75) is 66.3 Å². The van der Waals surface area contributed by atoms with E-state index in [1.807, 2.05) is 20.8 Å². The van der Waals surface area contributed by atoms with Crippen molar-refractivity contribution in [3.63, 3.8) is 0 Å². The minimum atomic E-state index is -0.663. The van der Waals surface area contributed by atoms with Crippen LogP contribution in [-0.2, 0) is 4.79 Å². The second kappa shape index (κ2) is 12.5. The Morgan fingerprint density at radius 1 is 1.19 bits per heavy atom. The summed E-state index contributed by atoms with van der Waals surface area (Å²) < 4.78 is 0. The van der Waals surface area contributed by atoms with Crippen LogP contribution in [0.3, 0.4) is 0 Å². The lowest BCUT2D eigenvalue weighted by Gasteiger charge is -2.20. The molecule has 0 saturated carbocycles. The van der Waals surface area contributed by atoms with Gasteiger partial charge in [0.15, 0.2) is 0 Å². The second-order valence-corrected chi connectivity index (χ2v) is 3.74. The summed E-state index contributed by atoms with van der Waals surface area (Å²) in [6, 6.07) is 0.357. The number of carboxylic acids is 1. The smallest absolute Gasteiger partial charge is 0.306 e. The molecule has 0 aromatic heterocycles. The van der Waals surface area contributed by atoms with Crippen LogP contribution in [0.15, 0.2) is 0 Å². The number of hydrogen-bond acceptors (Lipinski definition) is 2. The summed E-state index contributed by atoms with van der Waals surface area (Å²) in [6.07, 6.45) is 3.58. The maximum absolute atomic E-state index is 10.8. The minimum Gasteiger partial charge on any atom is -0.481 e. The molecular formula is C13H29NO2. The van der Waals surface area contributed by atoms with Crippen molar-refractivity contribution in [3.8, 4) is 0 Å². The third kappa shape index (κ3) is 8.72. The van der Waals surface area contributed by atoms with Crippen LogP contribution in [0.1, 0.15) is 60.3 Å². The Morgan fingerprint density at radius 3 is 2.06 bits per heavy atom. The van der Waals surface area contributed by atoms with Crippen LogP contribution in [0.2, 0.25) is 0 Å². The van der Waals surface area contributed by atoms with E-state index in [0.29, 0.717) is 6.04 Å². The van der Waals surface area contributed by atoms with Gasteiger partial charge in [0.25, 0.3) is 0 Å². The van der Waals surface area contributed by atoms with E-state index in [1.54, 1.807) is 0 Å². The summed E-state index contributed by atoms with van der Waals surface area (Å²) in [5.74, 6) is -0.853. The number of carbonyl (C=O) groups is 1. The van der Waals surface area contributed by atoms with Gasteiger partial charge in [-0.1, -0.05) is 34.6 Å². The van der Waals surface area contributed by atoms with Crippen LogP contribution in [0.25, 0.3) is 0 Å². The van der Waals surface area contributed by atoms with Crippen LogP contribution in [0.4, 0.5) is 0 Å². The second-order valence-electron chi connectivity index (χ2n) is 3.74. The molecule has 0 heterocycles. The van der Waals surface area contributed by atoms with E-state index < -0.39 is 5.97 Å². The van der Waals surface area contributed by atoms with Crippen molar-refractivity contribution in [1.29, 1.82) is 0 Å². The highest BCUT2D eigenvalue weighted by Gasteiger charge is 2.19. The highest BCUT2D eigenvalue weighted by atomic mass is 16.4. The number of hydrogen-bond donors (Lipinski definition) is 2. The Kier molecular flexibility index (Phi) is 13.9. The minimum absolute atomic E-state index is 0.190. The molecule has 0 amide bonds. The fourth-order valence-electron chi connectivity index (χ4n) is 1.53. The van der Waals surface area contributed by atoms with Gasteiger partial charge in [-0.3, -0.25) is 4.79 Å². The molecule has 0 saturated heterocycles. The van der Waals surface area contributed by atoms with Crippen molar-refractivity contribution in [2.75, 3.05) is 6.54 Å². The molecular weight excluding hydrogens is 202 g/mol. The van der Waals surface area contributed by atoms with Crippen molar-refractivity contribution < 1.29 is 9.90 Å². The van der Waals surface area contributed by atoms with Gasteiger partial charge in [0.05, 0.1) is 5.92 Å². The van der Waals surface area contributed by atoms with Gasteiger partial charge in [-0.25, -0.2) is 0 Å². The third-order valence-electron chi connectivity index (χ3n) is 2.59. The summed E-state index contributed by atoms with van der Waals surface area (Å²) in [5.41, 5.74) is 0. The summed E-state index contributed by atoms with van der Waals surface area (Å²) in [6.45, 7) is 11.1. The SMILES string of the molecule is CC.CCCNC(CC)CC(CC)C(=O)O. The molecule has 0 aliphatic carbocycles. The maximum Gasteiger partial charge on any atom is 0.306 e. The average Bonchev–Trinajstić information content (AvgIpc) is 2.31. The van der Waals surface area contributed by atoms with E-state index >= 15 is 0 Å². The van der Waals surface area contributed by atoms with Crippen molar-refractivity contribution in [1.82, 2.24) is 5.32 Å². The van der Waals surface area contributed by atoms with Crippen LogP contribution in [0, 0.1) is 5.92 Å². The predicted molar refractivity (Wildman–Crippen MR) is 69.8 cm³/mol. The van der Waals surface area contributed by atoms with E-state index in [0.717, 1.165) is 32.2 Å². The number of rotatable bonds is 8. The topological polar surface area (TPSA) is 49.3 Å². The summed E-state index contributed by atoms with van der Waals surface area (Å²) in [7, 11) is 0. The average molecular weight is 231 g/mol. The first-order chi connectivity index (χ1) is 7.65. The molecule has 0 spiro atoms. The van der Waals surface area contributed by atoms with Gasteiger partial charge in [0.1, 0.15) is 0 Å². The Bertz CT molecular complexity index is 160. The lowest BCUT2D eigenvalue weighted by atomic mass is 9.96. The molecule has 0 aliphatic rings. The third-order valence-corrected chi connectivity index (χ3v) is 2.59. The normalized spacial score (nSPS) is 13.6. The molecule has 0 aliphatic heterocycles. The lowest BCUT2D eigenvalue weighted by Crippen LogP contribution is -2.33.